The number of nitrogens with one attached hydrogen (secondary N) is 2. The molecule has 1 aromatic heterocycles. The number of amides is 3. The number of anilines is 1. The first kappa shape index (κ1) is 21.6. The Kier molecular flexibility index (Phi) is 7.17. The monoisotopic (exact) mass is 432 g/mol. The molecule has 1 fully saturated rings. The molecule has 4 rings (SSSR count). The van der Waals surface area contributed by atoms with Crippen molar-refractivity contribution in [3.63, 3.8) is 0 Å². The number of urea groups is 1. The van der Waals surface area contributed by atoms with Gasteiger partial charge in [-0.05, 0) is 43.5 Å². The second-order valence-electron chi connectivity index (χ2n) is 7.91. The minimum atomic E-state index is -0.187. The van der Waals surface area contributed by atoms with E-state index in [-0.39, 0.29) is 17.9 Å². The Morgan fingerprint density at radius 3 is 2.78 bits per heavy atom. The van der Waals surface area contributed by atoms with Crippen LogP contribution in [0.15, 0.2) is 66.9 Å². The van der Waals surface area contributed by atoms with Crippen LogP contribution in [0.25, 0.3) is 10.9 Å². The van der Waals surface area contributed by atoms with Crippen molar-refractivity contribution in [1.82, 2.24) is 15.2 Å². The van der Waals surface area contributed by atoms with Crippen LogP contribution in [0, 0.1) is 5.92 Å². The number of para-hydroxylation sites is 2. The summed E-state index contributed by atoms with van der Waals surface area (Å²) >= 11 is 0. The van der Waals surface area contributed by atoms with Gasteiger partial charge in [-0.3, -0.25) is 9.78 Å². The maximum absolute atomic E-state index is 12.6. The summed E-state index contributed by atoms with van der Waals surface area (Å²) in [5.41, 5.74) is 1.60. The number of aromatic nitrogens is 1. The number of likely N-dealkylation sites (tertiary alicyclic amines) is 1. The molecule has 7 nitrogen and oxygen atoms in total. The molecule has 1 saturated heterocycles. The molecule has 2 N–H and O–H groups in total. The van der Waals surface area contributed by atoms with Crippen LogP contribution >= 0.6 is 0 Å². The lowest BCUT2D eigenvalue weighted by atomic mass is 9.97. The van der Waals surface area contributed by atoms with Crippen molar-refractivity contribution in [1.29, 1.82) is 0 Å². The first-order valence-electron chi connectivity index (χ1n) is 11.1. The molecular weight excluding hydrogens is 404 g/mol. The topological polar surface area (TPSA) is 83.6 Å². The molecule has 0 bridgehead atoms. The minimum absolute atomic E-state index is 0.00552. The molecule has 1 aliphatic heterocycles. The summed E-state index contributed by atoms with van der Waals surface area (Å²) in [5.74, 6) is 0.560. The van der Waals surface area contributed by atoms with Crippen LogP contribution < -0.4 is 15.4 Å². The SMILES string of the molecule is O=C(NCCCOc1cccc2cccnc12)C1CCCN(C(=O)Nc2ccccc2)C1. The van der Waals surface area contributed by atoms with Crippen molar-refractivity contribution in [3.8, 4) is 5.75 Å². The number of hydrogen-bond donors (Lipinski definition) is 2. The zero-order valence-electron chi connectivity index (χ0n) is 18.0. The molecule has 0 radical (unpaired) electrons. The Morgan fingerprint density at radius 2 is 1.91 bits per heavy atom. The molecule has 0 saturated carbocycles. The summed E-state index contributed by atoms with van der Waals surface area (Å²) in [7, 11) is 0. The molecule has 0 spiro atoms. The van der Waals surface area contributed by atoms with Crippen molar-refractivity contribution in [2.24, 2.45) is 5.92 Å². The maximum atomic E-state index is 12.6. The third-order valence-electron chi connectivity index (χ3n) is 5.58. The summed E-state index contributed by atoms with van der Waals surface area (Å²) in [6.07, 6.45) is 4.06. The van der Waals surface area contributed by atoms with Crippen LogP contribution in [0.5, 0.6) is 5.75 Å². The van der Waals surface area contributed by atoms with Gasteiger partial charge in [0.15, 0.2) is 0 Å². The first-order chi connectivity index (χ1) is 15.7. The van der Waals surface area contributed by atoms with E-state index in [1.807, 2.05) is 60.7 Å². The van der Waals surface area contributed by atoms with Crippen LogP contribution in [0.1, 0.15) is 19.3 Å². The Morgan fingerprint density at radius 1 is 1.06 bits per heavy atom. The number of pyridine rings is 1. The second kappa shape index (κ2) is 10.6. The van der Waals surface area contributed by atoms with Crippen LogP contribution in [-0.2, 0) is 4.79 Å². The van der Waals surface area contributed by atoms with Crippen molar-refractivity contribution >= 4 is 28.5 Å². The average molecular weight is 433 g/mol. The van der Waals surface area contributed by atoms with E-state index < -0.39 is 0 Å². The van der Waals surface area contributed by atoms with Crippen molar-refractivity contribution in [3.05, 3.63) is 66.9 Å². The predicted molar refractivity (Wildman–Crippen MR) is 125 cm³/mol. The lowest BCUT2D eigenvalue weighted by Crippen LogP contribution is -2.47. The molecule has 2 aromatic carbocycles. The van der Waals surface area contributed by atoms with Crippen LogP contribution in [0.2, 0.25) is 0 Å². The summed E-state index contributed by atoms with van der Waals surface area (Å²) in [6, 6.07) is 19.0. The van der Waals surface area contributed by atoms with E-state index in [9.17, 15) is 9.59 Å². The van der Waals surface area contributed by atoms with E-state index >= 15 is 0 Å². The summed E-state index contributed by atoms with van der Waals surface area (Å²) in [4.78, 5) is 31.2. The highest BCUT2D eigenvalue weighted by molar-refractivity contribution is 5.90. The third-order valence-corrected chi connectivity index (χ3v) is 5.58. The molecule has 1 unspecified atom stereocenters. The summed E-state index contributed by atoms with van der Waals surface area (Å²) in [6.45, 7) is 2.12. The number of nitrogens with zero attached hydrogens (tertiary/aromatic N) is 2. The molecule has 3 aromatic rings. The van der Waals surface area contributed by atoms with Crippen molar-refractivity contribution in [2.45, 2.75) is 19.3 Å². The minimum Gasteiger partial charge on any atom is -0.491 e. The third kappa shape index (κ3) is 5.55. The van der Waals surface area contributed by atoms with Gasteiger partial charge in [-0.1, -0.05) is 36.4 Å². The highest BCUT2D eigenvalue weighted by atomic mass is 16.5. The Balaban J connectivity index is 1.19. The van der Waals surface area contributed by atoms with Gasteiger partial charge in [0, 0.05) is 36.9 Å². The molecule has 166 valence electrons. The van der Waals surface area contributed by atoms with Gasteiger partial charge < -0.3 is 20.3 Å². The number of benzene rings is 2. The highest BCUT2D eigenvalue weighted by Gasteiger charge is 2.28. The fourth-order valence-corrected chi connectivity index (χ4v) is 3.90. The number of carbonyl (C=O) groups is 2. The molecule has 1 atom stereocenters. The first-order valence-corrected chi connectivity index (χ1v) is 11.1. The van der Waals surface area contributed by atoms with Crippen molar-refractivity contribution in [2.75, 3.05) is 31.6 Å². The molecule has 0 aliphatic carbocycles. The van der Waals surface area contributed by atoms with Gasteiger partial charge in [-0.15, -0.1) is 0 Å². The zero-order chi connectivity index (χ0) is 22.2. The van der Waals surface area contributed by atoms with E-state index in [1.54, 1.807) is 11.1 Å². The molecular formula is C25H28N4O3. The van der Waals surface area contributed by atoms with Crippen molar-refractivity contribution < 1.29 is 14.3 Å². The second-order valence-corrected chi connectivity index (χ2v) is 7.91. The fraction of sp³-hybridized carbons (Fsp3) is 0.320. The van der Waals surface area contributed by atoms with Gasteiger partial charge in [-0.2, -0.15) is 0 Å². The van der Waals surface area contributed by atoms with E-state index in [4.69, 9.17) is 4.74 Å². The fourth-order valence-electron chi connectivity index (χ4n) is 3.90. The van der Waals surface area contributed by atoms with Gasteiger partial charge >= 0.3 is 6.03 Å². The Hall–Kier alpha value is -3.61. The smallest absolute Gasteiger partial charge is 0.321 e. The highest BCUT2D eigenvalue weighted by Crippen LogP contribution is 2.23. The van der Waals surface area contributed by atoms with Crippen LogP contribution in [-0.4, -0.2) is 48.1 Å². The molecule has 7 heteroatoms. The predicted octanol–water partition coefficient (Wildman–Crippen LogP) is 4.06. The standard InChI is InChI=1S/C25H28N4O3/c30-24(20-10-6-16-29(18-20)25(31)28-21-11-2-1-3-12-21)27-15-7-17-32-22-13-4-8-19-9-5-14-26-23(19)22/h1-5,8-9,11-14,20H,6-7,10,15-18H2,(H,27,30)(H,28,31). The largest absolute Gasteiger partial charge is 0.491 e. The van der Waals surface area contributed by atoms with E-state index in [1.165, 1.54) is 0 Å². The molecule has 2 heterocycles. The van der Waals surface area contributed by atoms with Gasteiger partial charge in [0.2, 0.25) is 5.91 Å². The van der Waals surface area contributed by atoms with Crippen LogP contribution in [0.3, 0.4) is 0 Å². The maximum Gasteiger partial charge on any atom is 0.321 e. The van der Waals surface area contributed by atoms with E-state index in [2.05, 4.69) is 15.6 Å². The van der Waals surface area contributed by atoms with Gasteiger partial charge in [0.05, 0.1) is 12.5 Å². The van der Waals surface area contributed by atoms with E-state index in [0.717, 1.165) is 35.2 Å². The normalized spacial score (nSPS) is 15.9. The Labute approximate surface area is 187 Å². The average Bonchev–Trinajstić information content (AvgIpc) is 2.84. The number of ether oxygens (including phenoxy) is 1. The zero-order valence-corrected chi connectivity index (χ0v) is 18.0. The van der Waals surface area contributed by atoms with E-state index in [0.29, 0.717) is 32.7 Å². The quantitative estimate of drug-likeness (QED) is 0.552. The number of hydrogen-bond acceptors (Lipinski definition) is 4. The molecule has 32 heavy (non-hydrogen) atoms. The van der Waals surface area contributed by atoms with Gasteiger partial charge in [0.25, 0.3) is 0 Å². The van der Waals surface area contributed by atoms with Crippen LogP contribution in [0.4, 0.5) is 10.5 Å². The van der Waals surface area contributed by atoms with Gasteiger partial charge in [-0.25, -0.2) is 4.79 Å². The molecule has 3 amide bonds. The molecule has 1 aliphatic rings. The number of fused-ring (bicyclic) bond motifs is 1. The summed E-state index contributed by atoms with van der Waals surface area (Å²) in [5, 5.41) is 6.92. The summed E-state index contributed by atoms with van der Waals surface area (Å²) < 4.78 is 5.88. The lowest BCUT2D eigenvalue weighted by molar-refractivity contribution is -0.126. The number of carbonyl (C=O) groups excluding carboxylic acids is 2. The lowest BCUT2D eigenvalue weighted by Gasteiger charge is -2.32. The van der Waals surface area contributed by atoms with Gasteiger partial charge in [0.1, 0.15) is 11.3 Å². The Bertz CT molecular complexity index is 1050. The number of piperidine rings is 1. The number of rotatable bonds is 7.